The van der Waals surface area contributed by atoms with Gasteiger partial charge in [0.15, 0.2) is 0 Å². The van der Waals surface area contributed by atoms with Crippen LogP contribution in [-0.2, 0) is 20.5 Å². The molecule has 0 aromatic carbocycles. The van der Waals surface area contributed by atoms with Crippen LogP contribution in [0.15, 0.2) is 23.4 Å². The molecule has 1 aromatic heterocycles. The van der Waals surface area contributed by atoms with Crippen molar-refractivity contribution in [1.29, 1.82) is 0 Å². The zero-order valence-electron chi connectivity index (χ0n) is 13.5. The normalized spacial score (nSPS) is 16.4. The molecule has 0 saturated carbocycles. The third kappa shape index (κ3) is 5.89. The molecule has 6 nitrogen and oxygen atoms in total. The Balaban J connectivity index is 1.78. The molecule has 0 bridgehead atoms. The molecule has 1 N–H and O–H groups in total. The molecule has 25 heavy (non-hydrogen) atoms. The highest BCUT2D eigenvalue weighted by atomic mass is 32.2. The lowest BCUT2D eigenvalue weighted by molar-refractivity contribution is -0.139. The molecule has 2 amide bonds. The predicted octanol–water partition coefficient (Wildman–Crippen LogP) is 1.56. The number of thioether (sulfide) groups is 1. The van der Waals surface area contributed by atoms with Crippen molar-refractivity contribution in [2.24, 2.45) is 0 Å². The fourth-order valence-corrected chi connectivity index (χ4v) is 2.83. The second-order valence-corrected chi connectivity index (χ2v) is 6.39. The number of hydrogen-bond acceptors (Lipinski definition) is 5. The van der Waals surface area contributed by atoms with Crippen LogP contribution in [0.25, 0.3) is 0 Å². The molecule has 1 saturated heterocycles. The Bertz CT molecular complexity index is 604. The number of ether oxygens (including phenoxy) is 1. The maximum absolute atomic E-state index is 12.5. The molecule has 2 heterocycles. The van der Waals surface area contributed by atoms with E-state index in [2.05, 4.69) is 10.3 Å². The van der Waals surface area contributed by atoms with E-state index >= 15 is 0 Å². The monoisotopic (exact) mass is 377 g/mol. The smallest absolute Gasteiger partial charge is 0.378 e. The first kappa shape index (κ1) is 19.5. The molecule has 1 fully saturated rings. The highest BCUT2D eigenvalue weighted by Crippen LogP contribution is 2.29. The minimum Gasteiger partial charge on any atom is -0.378 e. The summed E-state index contributed by atoms with van der Waals surface area (Å²) in [5.74, 6) is -0.617. The first-order valence-electron chi connectivity index (χ1n) is 7.59. The van der Waals surface area contributed by atoms with Crippen molar-refractivity contribution in [2.45, 2.75) is 24.2 Å². The Morgan fingerprint density at radius 1 is 1.36 bits per heavy atom. The molecule has 2 rings (SSSR count). The number of hydrogen-bond donors (Lipinski definition) is 1. The zero-order chi connectivity index (χ0) is 18.4. The number of aromatic nitrogens is 1. The van der Waals surface area contributed by atoms with Gasteiger partial charge < -0.3 is 15.0 Å². The van der Waals surface area contributed by atoms with E-state index in [0.717, 1.165) is 24.0 Å². The third-order valence-electron chi connectivity index (χ3n) is 3.49. The Labute approximate surface area is 147 Å². The minimum absolute atomic E-state index is 0.0426. The van der Waals surface area contributed by atoms with Gasteiger partial charge in [-0.05, 0) is 19.1 Å². The van der Waals surface area contributed by atoms with E-state index < -0.39 is 17.8 Å². The number of nitrogens with zero attached hydrogens (tertiary/aromatic N) is 2. The lowest BCUT2D eigenvalue weighted by atomic mass is 10.2. The van der Waals surface area contributed by atoms with Gasteiger partial charge in [-0.3, -0.25) is 9.59 Å². The lowest BCUT2D eigenvalue weighted by Crippen LogP contribution is -2.50. The largest absolute Gasteiger partial charge is 0.417 e. The van der Waals surface area contributed by atoms with Crippen molar-refractivity contribution in [3.05, 3.63) is 23.9 Å². The predicted molar refractivity (Wildman–Crippen MR) is 85.0 cm³/mol. The number of rotatable bonds is 5. The Kier molecular flexibility index (Phi) is 6.65. The molecule has 1 atom stereocenters. The maximum Gasteiger partial charge on any atom is 0.417 e. The van der Waals surface area contributed by atoms with E-state index in [4.69, 9.17) is 4.74 Å². The third-order valence-corrected chi connectivity index (χ3v) is 4.43. The van der Waals surface area contributed by atoms with Crippen molar-refractivity contribution in [3.8, 4) is 0 Å². The molecule has 138 valence electrons. The maximum atomic E-state index is 12.5. The number of halogens is 3. The second kappa shape index (κ2) is 8.52. The van der Waals surface area contributed by atoms with E-state index in [9.17, 15) is 22.8 Å². The van der Waals surface area contributed by atoms with Crippen molar-refractivity contribution in [2.75, 3.05) is 32.1 Å². The molecular weight excluding hydrogens is 359 g/mol. The van der Waals surface area contributed by atoms with Crippen LogP contribution in [0.4, 0.5) is 13.2 Å². The average Bonchev–Trinajstić information content (AvgIpc) is 2.59. The van der Waals surface area contributed by atoms with Gasteiger partial charge in [-0.1, -0.05) is 11.8 Å². The molecule has 1 aromatic rings. The van der Waals surface area contributed by atoms with Gasteiger partial charge >= 0.3 is 6.18 Å². The fourth-order valence-electron chi connectivity index (χ4n) is 2.18. The fraction of sp³-hybridized carbons (Fsp3) is 0.533. The molecule has 0 unspecified atom stereocenters. The topological polar surface area (TPSA) is 71.5 Å². The summed E-state index contributed by atoms with van der Waals surface area (Å²) in [5, 5.41) is 2.88. The van der Waals surface area contributed by atoms with Crippen LogP contribution in [0.2, 0.25) is 0 Å². The summed E-state index contributed by atoms with van der Waals surface area (Å²) in [5.41, 5.74) is -0.842. The number of carbonyl (C=O) groups is 2. The van der Waals surface area contributed by atoms with Gasteiger partial charge in [0.05, 0.1) is 29.6 Å². The Hall–Kier alpha value is -1.81. The second-order valence-electron chi connectivity index (χ2n) is 5.40. The number of nitrogens with one attached hydrogen (secondary N) is 1. The number of pyridine rings is 1. The van der Waals surface area contributed by atoms with Crippen molar-refractivity contribution < 1.29 is 27.5 Å². The van der Waals surface area contributed by atoms with Crippen LogP contribution >= 0.6 is 11.8 Å². The summed E-state index contributed by atoms with van der Waals surface area (Å²) in [6.45, 7) is 3.52. The lowest BCUT2D eigenvalue weighted by Gasteiger charge is -2.29. The highest BCUT2D eigenvalue weighted by Gasteiger charge is 2.30. The average molecular weight is 377 g/mol. The van der Waals surface area contributed by atoms with E-state index in [-0.39, 0.29) is 17.6 Å². The number of alkyl halides is 3. The SMILES string of the molecule is C[C@@H](NC(=O)CSc1ccc(C(F)(F)F)cn1)C(=O)N1CCOCC1. The molecule has 0 aliphatic carbocycles. The van der Waals surface area contributed by atoms with Crippen LogP contribution in [0.1, 0.15) is 12.5 Å². The van der Waals surface area contributed by atoms with Crippen LogP contribution in [0.5, 0.6) is 0 Å². The molecular formula is C15H18F3N3O3S. The highest BCUT2D eigenvalue weighted by molar-refractivity contribution is 7.99. The first-order valence-corrected chi connectivity index (χ1v) is 8.58. The summed E-state index contributed by atoms with van der Waals surface area (Å²) in [7, 11) is 0. The van der Waals surface area contributed by atoms with Gasteiger partial charge in [0.1, 0.15) is 6.04 Å². The van der Waals surface area contributed by atoms with Gasteiger partial charge in [0.2, 0.25) is 11.8 Å². The van der Waals surface area contributed by atoms with Crippen LogP contribution < -0.4 is 5.32 Å². The van der Waals surface area contributed by atoms with Gasteiger partial charge in [-0.25, -0.2) is 4.98 Å². The van der Waals surface area contributed by atoms with E-state index in [1.165, 1.54) is 6.07 Å². The molecule has 10 heteroatoms. The molecule has 1 aliphatic rings. The van der Waals surface area contributed by atoms with Gasteiger partial charge in [-0.15, -0.1) is 0 Å². The summed E-state index contributed by atoms with van der Waals surface area (Å²) in [4.78, 5) is 29.4. The summed E-state index contributed by atoms with van der Waals surface area (Å²) in [6, 6.07) is 1.45. The first-order chi connectivity index (χ1) is 11.8. The van der Waals surface area contributed by atoms with E-state index in [1.807, 2.05) is 0 Å². The number of carbonyl (C=O) groups excluding carboxylic acids is 2. The van der Waals surface area contributed by atoms with Crippen LogP contribution in [-0.4, -0.2) is 59.8 Å². The minimum atomic E-state index is -4.44. The van der Waals surface area contributed by atoms with Crippen molar-refractivity contribution in [3.63, 3.8) is 0 Å². The van der Waals surface area contributed by atoms with Gasteiger partial charge in [0.25, 0.3) is 0 Å². The molecule has 0 radical (unpaired) electrons. The summed E-state index contributed by atoms with van der Waals surface area (Å²) in [6.07, 6.45) is -3.71. The van der Waals surface area contributed by atoms with E-state index in [0.29, 0.717) is 31.3 Å². The summed E-state index contributed by atoms with van der Waals surface area (Å²) >= 11 is 1.00. The van der Waals surface area contributed by atoms with Crippen LogP contribution in [0, 0.1) is 0 Å². The number of amides is 2. The van der Waals surface area contributed by atoms with Crippen molar-refractivity contribution in [1.82, 2.24) is 15.2 Å². The Morgan fingerprint density at radius 2 is 2.04 bits per heavy atom. The van der Waals surface area contributed by atoms with Crippen molar-refractivity contribution >= 4 is 23.6 Å². The quantitative estimate of drug-likeness (QED) is 0.789. The zero-order valence-corrected chi connectivity index (χ0v) is 14.3. The molecule has 1 aliphatic heterocycles. The summed E-state index contributed by atoms with van der Waals surface area (Å²) < 4.78 is 42.5. The van der Waals surface area contributed by atoms with Crippen LogP contribution in [0.3, 0.4) is 0 Å². The molecule has 0 spiro atoms. The van der Waals surface area contributed by atoms with Gasteiger partial charge in [0, 0.05) is 19.3 Å². The Morgan fingerprint density at radius 3 is 2.60 bits per heavy atom. The van der Waals surface area contributed by atoms with E-state index in [1.54, 1.807) is 11.8 Å². The van der Waals surface area contributed by atoms with Gasteiger partial charge in [-0.2, -0.15) is 13.2 Å². The standard InChI is InChI=1S/C15H18F3N3O3S/c1-10(14(23)21-4-6-24-7-5-21)20-12(22)9-25-13-3-2-11(8-19-13)15(16,17)18/h2-3,8,10H,4-7,9H2,1H3,(H,20,22)/t10-/m1/s1. The number of morpholine rings is 1.